The lowest BCUT2D eigenvalue weighted by Gasteiger charge is -2.61. The van der Waals surface area contributed by atoms with Crippen molar-refractivity contribution in [2.75, 3.05) is 0 Å². The molecule has 1 aliphatic heterocycles. The second kappa shape index (κ2) is 8.48. The molecule has 5 aliphatic rings. The Balaban J connectivity index is 1.25. The lowest BCUT2D eigenvalue weighted by Crippen LogP contribution is -2.58. The van der Waals surface area contributed by atoms with Crippen molar-refractivity contribution in [1.82, 2.24) is 0 Å². The Hall–Kier alpha value is -0.200. The maximum absolute atomic E-state index is 10.4. The Morgan fingerprint density at radius 3 is 2.31 bits per heavy atom. The van der Waals surface area contributed by atoms with E-state index in [1.165, 1.54) is 51.4 Å². The van der Waals surface area contributed by atoms with Crippen LogP contribution in [0.2, 0.25) is 0 Å². The first-order chi connectivity index (χ1) is 15.2. The van der Waals surface area contributed by atoms with Crippen molar-refractivity contribution < 1.29 is 24.8 Å². The number of rotatable bonds is 3. The molecule has 0 aromatic heterocycles. The van der Waals surface area contributed by atoms with Crippen molar-refractivity contribution >= 4 is 0 Å². The Morgan fingerprint density at radius 2 is 1.56 bits per heavy atom. The van der Waals surface area contributed by atoms with Gasteiger partial charge in [0.15, 0.2) is 6.29 Å². The van der Waals surface area contributed by atoms with E-state index in [1.807, 2.05) is 0 Å². The van der Waals surface area contributed by atoms with Crippen LogP contribution in [0.3, 0.4) is 0 Å². The van der Waals surface area contributed by atoms with Gasteiger partial charge in [-0.3, -0.25) is 0 Å². The van der Waals surface area contributed by atoms with E-state index in [1.54, 1.807) is 6.92 Å². The van der Waals surface area contributed by atoms with Gasteiger partial charge in [0.2, 0.25) is 0 Å². The molecule has 5 heteroatoms. The van der Waals surface area contributed by atoms with E-state index >= 15 is 0 Å². The lowest BCUT2D eigenvalue weighted by atomic mass is 9.44. The molecule has 0 spiro atoms. The summed E-state index contributed by atoms with van der Waals surface area (Å²) in [5, 5.41) is 30.5. The standard InChI is InChI=1S/C27H46O5/c1-5-16-7-9-20-19-8-6-17-14-18(32-25-24(30)23(29)22(28)15(2)31-25)10-12-27(17,4)21(19)11-13-26(16,20)3/h15-25,28-30H,5-14H2,1-4H3/t15-,16+,17?,18?,19+,20+,21+,22-,23+,24-,25?,26-,27+/m1/s1. The minimum absolute atomic E-state index is 0.0590. The maximum Gasteiger partial charge on any atom is 0.186 e. The Morgan fingerprint density at radius 1 is 0.844 bits per heavy atom. The molecule has 1 heterocycles. The van der Waals surface area contributed by atoms with Gasteiger partial charge in [-0.05, 0) is 105 Å². The molecule has 1 saturated heterocycles. The normalized spacial score (nSPS) is 58.0. The van der Waals surface area contributed by atoms with Gasteiger partial charge in [-0.2, -0.15) is 0 Å². The Kier molecular flexibility index (Phi) is 6.24. The van der Waals surface area contributed by atoms with Crippen molar-refractivity contribution in [3.63, 3.8) is 0 Å². The second-order valence-electron chi connectivity index (χ2n) is 12.6. The summed E-state index contributed by atoms with van der Waals surface area (Å²) in [6, 6.07) is 0. The molecule has 0 amide bonds. The van der Waals surface area contributed by atoms with E-state index in [2.05, 4.69) is 20.8 Å². The third kappa shape index (κ3) is 3.52. The van der Waals surface area contributed by atoms with Gasteiger partial charge in [-0.25, -0.2) is 0 Å². The first kappa shape index (κ1) is 23.5. The van der Waals surface area contributed by atoms with Crippen LogP contribution in [0.15, 0.2) is 0 Å². The van der Waals surface area contributed by atoms with Gasteiger partial charge in [-0.1, -0.05) is 27.2 Å². The molecule has 32 heavy (non-hydrogen) atoms. The molecule has 4 saturated carbocycles. The van der Waals surface area contributed by atoms with Crippen molar-refractivity contribution in [2.24, 2.45) is 40.4 Å². The van der Waals surface area contributed by atoms with E-state index in [-0.39, 0.29) is 6.10 Å². The molecule has 5 nitrogen and oxygen atoms in total. The van der Waals surface area contributed by atoms with Crippen molar-refractivity contribution in [2.45, 2.75) is 129 Å². The average molecular weight is 451 g/mol. The van der Waals surface area contributed by atoms with Crippen molar-refractivity contribution in [3.05, 3.63) is 0 Å². The zero-order valence-corrected chi connectivity index (χ0v) is 20.6. The molecule has 0 aromatic carbocycles. The summed E-state index contributed by atoms with van der Waals surface area (Å²) in [6.45, 7) is 9.32. The van der Waals surface area contributed by atoms with Gasteiger partial charge in [-0.15, -0.1) is 0 Å². The first-order valence-electron chi connectivity index (χ1n) is 13.5. The highest BCUT2D eigenvalue weighted by Crippen LogP contribution is 2.67. The van der Waals surface area contributed by atoms with Crippen LogP contribution < -0.4 is 0 Å². The molecular weight excluding hydrogens is 404 g/mol. The van der Waals surface area contributed by atoms with Crippen LogP contribution in [0, 0.1) is 40.4 Å². The Labute approximate surface area is 194 Å². The summed E-state index contributed by atoms with van der Waals surface area (Å²) < 4.78 is 12.0. The summed E-state index contributed by atoms with van der Waals surface area (Å²) in [5.74, 6) is 4.29. The zero-order chi connectivity index (χ0) is 22.8. The molecule has 4 aliphatic carbocycles. The lowest BCUT2D eigenvalue weighted by molar-refractivity contribution is -0.309. The summed E-state index contributed by atoms with van der Waals surface area (Å²) in [4.78, 5) is 0. The first-order valence-corrected chi connectivity index (χ1v) is 13.5. The molecule has 3 N–H and O–H groups in total. The average Bonchev–Trinajstić information content (AvgIpc) is 3.12. The van der Waals surface area contributed by atoms with Crippen LogP contribution in [0.5, 0.6) is 0 Å². The highest BCUT2D eigenvalue weighted by Gasteiger charge is 2.60. The number of aliphatic hydroxyl groups is 3. The molecule has 0 aromatic rings. The second-order valence-corrected chi connectivity index (χ2v) is 12.6. The summed E-state index contributed by atoms with van der Waals surface area (Å²) in [6.07, 6.45) is 8.11. The fourth-order valence-corrected chi connectivity index (χ4v) is 9.44. The number of fused-ring (bicyclic) bond motifs is 5. The quantitative estimate of drug-likeness (QED) is 0.560. The number of ether oxygens (including phenoxy) is 2. The molecule has 5 rings (SSSR count). The molecule has 184 valence electrons. The van der Waals surface area contributed by atoms with Crippen LogP contribution in [0.25, 0.3) is 0 Å². The Bertz CT molecular complexity index is 685. The number of aliphatic hydroxyl groups excluding tert-OH is 3. The fourth-order valence-electron chi connectivity index (χ4n) is 9.44. The van der Waals surface area contributed by atoms with E-state index in [0.717, 1.165) is 36.5 Å². The number of hydrogen-bond acceptors (Lipinski definition) is 5. The third-order valence-corrected chi connectivity index (χ3v) is 11.4. The monoisotopic (exact) mass is 450 g/mol. The fraction of sp³-hybridized carbons (Fsp3) is 1.00. The molecule has 0 radical (unpaired) electrons. The van der Waals surface area contributed by atoms with E-state index < -0.39 is 30.7 Å². The van der Waals surface area contributed by atoms with E-state index in [4.69, 9.17) is 9.47 Å². The molecular formula is C27H46O5. The molecule has 0 bridgehead atoms. The minimum Gasteiger partial charge on any atom is -0.388 e. The van der Waals surface area contributed by atoms with Crippen LogP contribution in [-0.2, 0) is 9.47 Å². The van der Waals surface area contributed by atoms with Crippen molar-refractivity contribution in [1.29, 1.82) is 0 Å². The van der Waals surface area contributed by atoms with Gasteiger partial charge >= 0.3 is 0 Å². The smallest absolute Gasteiger partial charge is 0.186 e. The maximum atomic E-state index is 10.4. The summed E-state index contributed by atoms with van der Waals surface area (Å²) >= 11 is 0. The predicted octanol–water partition coefficient (Wildman–Crippen LogP) is 4.27. The summed E-state index contributed by atoms with van der Waals surface area (Å²) in [7, 11) is 0. The van der Waals surface area contributed by atoms with E-state index in [0.29, 0.717) is 16.7 Å². The molecule has 5 fully saturated rings. The van der Waals surface area contributed by atoms with E-state index in [9.17, 15) is 15.3 Å². The molecule has 3 unspecified atom stereocenters. The van der Waals surface area contributed by atoms with Gasteiger partial charge in [0, 0.05) is 0 Å². The van der Waals surface area contributed by atoms with Crippen LogP contribution in [-0.4, -0.2) is 52.1 Å². The third-order valence-electron chi connectivity index (χ3n) is 11.4. The topological polar surface area (TPSA) is 79.2 Å². The van der Waals surface area contributed by atoms with Crippen LogP contribution in [0.4, 0.5) is 0 Å². The van der Waals surface area contributed by atoms with Crippen LogP contribution >= 0.6 is 0 Å². The van der Waals surface area contributed by atoms with Gasteiger partial charge < -0.3 is 24.8 Å². The zero-order valence-electron chi connectivity index (χ0n) is 20.6. The minimum atomic E-state index is -1.22. The highest BCUT2D eigenvalue weighted by molar-refractivity contribution is 5.09. The molecule has 13 atom stereocenters. The SMILES string of the molecule is CC[C@H]1CC[C@H]2[C@@H]3CCC4CC(OC5O[C@H](C)[C@@H](O)[C@H](O)[C@H]5O)CC[C@]4(C)[C@H]3CC[C@]12C. The van der Waals surface area contributed by atoms with Gasteiger partial charge in [0.25, 0.3) is 0 Å². The predicted molar refractivity (Wildman–Crippen MR) is 123 cm³/mol. The number of hydrogen-bond donors (Lipinski definition) is 3. The van der Waals surface area contributed by atoms with Crippen molar-refractivity contribution in [3.8, 4) is 0 Å². The highest BCUT2D eigenvalue weighted by atomic mass is 16.7. The largest absolute Gasteiger partial charge is 0.388 e. The van der Waals surface area contributed by atoms with Gasteiger partial charge in [0.05, 0.1) is 12.2 Å². The summed E-state index contributed by atoms with van der Waals surface area (Å²) in [5.41, 5.74) is 0.986. The van der Waals surface area contributed by atoms with Crippen LogP contribution in [0.1, 0.15) is 91.9 Å². The van der Waals surface area contributed by atoms with Gasteiger partial charge in [0.1, 0.15) is 18.3 Å².